The van der Waals surface area contributed by atoms with Crippen molar-refractivity contribution in [3.05, 3.63) is 47.5 Å². The van der Waals surface area contributed by atoms with Gasteiger partial charge < -0.3 is 0 Å². The van der Waals surface area contributed by atoms with Gasteiger partial charge in [-0.05, 0) is 55.3 Å². The van der Waals surface area contributed by atoms with Crippen molar-refractivity contribution in [1.82, 2.24) is 4.31 Å². The van der Waals surface area contributed by atoms with E-state index in [1.807, 2.05) is 0 Å². The van der Waals surface area contributed by atoms with Crippen LogP contribution in [0, 0.1) is 13.8 Å². The Morgan fingerprint density at radius 1 is 0.857 bits per heavy atom. The second-order valence-corrected chi connectivity index (χ2v) is 11.7. The molecule has 2 aromatic rings. The maximum atomic E-state index is 12.7. The van der Waals surface area contributed by atoms with Crippen LogP contribution in [0.15, 0.2) is 51.1 Å². The minimum atomic E-state index is -4.20. The fourth-order valence-electron chi connectivity index (χ4n) is 2.31. The Morgan fingerprint density at radius 3 is 1.96 bits per heavy atom. The molecule has 2 rings (SSSR count). The van der Waals surface area contributed by atoms with Gasteiger partial charge in [0.05, 0.1) is 20.4 Å². The van der Waals surface area contributed by atoms with Crippen molar-refractivity contribution in [3.63, 3.8) is 0 Å². The summed E-state index contributed by atoms with van der Waals surface area (Å²) in [7, 11) is -9.33. The van der Waals surface area contributed by atoms with Gasteiger partial charge in [0.25, 0.3) is 10.0 Å². The SMILES string of the molecule is Cc1cc(S(=O)(=O)N(C)C)cc(NS(=O)(=O)c2cccc(S(N)(=O)=O)c2)c1C. The van der Waals surface area contributed by atoms with E-state index in [-0.39, 0.29) is 20.4 Å². The number of hydrogen-bond acceptors (Lipinski definition) is 6. The van der Waals surface area contributed by atoms with Gasteiger partial charge in [0.15, 0.2) is 0 Å². The van der Waals surface area contributed by atoms with E-state index in [1.54, 1.807) is 13.8 Å². The second kappa shape index (κ2) is 7.44. The Kier molecular flexibility index (Phi) is 5.93. The quantitative estimate of drug-likeness (QED) is 0.676. The number of nitrogens with two attached hydrogens (primary N) is 1. The zero-order valence-electron chi connectivity index (χ0n) is 15.7. The Labute approximate surface area is 165 Å². The van der Waals surface area contributed by atoms with Crippen LogP contribution >= 0.6 is 0 Å². The summed E-state index contributed by atoms with van der Waals surface area (Å²) in [5, 5.41) is 5.05. The smallest absolute Gasteiger partial charge is 0.261 e. The third-order valence-electron chi connectivity index (χ3n) is 4.11. The van der Waals surface area contributed by atoms with E-state index in [9.17, 15) is 25.3 Å². The molecule has 154 valence electrons. The average Bonchev–Trinajstić information content (AvgIpc) is 2.57. The number of nitrogens with one attached hydrogen (secondary N) is 1. The van der Waals surface area contributed by atoms with Crippen LogP contribution in [0.5, 0.6) is 0 Å². The highest BCUT2D eigenvalue weighted by Gasteiger charge is 2.23. The first kappa shape index (κ1) is 22.3. The lowest BCUT2D eigenvalue weighted by molar-refractivity contribution is 0.520. The molecule has 0 amide bonds. The minimum Gasteiger partial charge on any atom is -0.279 e. The molecule has 0 spiro atoms. The molecule has 0 aliphatic rings. The fraction of sp³-hybridized carbons (Fsp3) is 0.250. The first-order chi connectivity index (χ1) is 12.7. The Bertz CT molecular complexity index is 1230. The molecule has 9 nitrogen and oxygen atoms in total. The zero-order chi connectivity index (χ0) is 21.5. The van der Waals surface area contributed by atoms with Gasteiger partial charge in [0.2, 0.25) is 20.0 Å². The van der Waals surface area contributed by atoms with Crippen LogP contribution in [0.2, 0.25) is 0 Å². The normalized spacial score (nSPS) is 12.9. The van der Waals surface area contributed by atoms with Crippen molar-refractivity contribution >= 4 is 35.8 Å². The standard InChI is InChI=1S/C16H21N3O6S3/c1-11-8-15(28(24,25)19(3)4)10-16(12(11)2)18-27(22,23)14-7-5-6-13(9-14)26(17,20)21/h5-10,18H,1-4H3,(H2,17,20,21). The van der Waals surface area contributed by atoms with E-state index in [2.05, 4.69) is 4.72 Å². The molecule has 0 radical (unpaired) electrons. The van der Waals surface area contributed by atoms with Crippen molar-refractivity contribution in [1.29, 1.82) is 0 Å². The summed E-state index contributed by atoms with van der Waals surface area (Å²) in [6, 6.07) is 7.23. The van der Waals surface area contributed by atoms with Gasteiger partial charge in [-0.15, -0.1) is 0 Å². The molecule has 2 aromatic carbocycles. The van der Waals surface area contributed by atoms with E-state index in [1.165, 1.54) is 44.4 Å². The summed E-state index contributed by atoms with van der Waals surface area (Å²) >= 11 is 0. The maximum absolute atomic E-state index is 12.7. The lowest BCUT2D eigenvalue weighted by Crippen LogP contribution is -2.23. The molecule has 12 heteroatoms. The molecule has 3 N–H and O–H groups in total. The van der Waals surface area contributed by atoms with Crippen molar-refractivity contribution in [3.8, 4) is 0 Å². The van der Waals surface area contributed by atoms with Crippen LogP contribution in [0.1, 0.15) is 11.1 Å². The van der Waals surface area contributed by atoms with Gasteiger partial charge in [-0.25, -0.2) is 34.7 Å². The Balaban J connectivity index is 2.58. The van der Waals surface area contributed by atoms with Crippen molar-refractivity contribution in [2.24, 2.45) is 5.14 Å². The van der Waals surface area contributed by atoms with Crippen LogP contribution in [0.4, 0.5) is 5.69 Å². The van der Waals surface area contributed by atoms with Gasteiger partial charge in [-0.2, -0.15) is 0 Å². The van der Waals surface area contributed by atoms with Crippen LogP contribution in [-0.2, 0) is 30.1 Å². The molecule has 0 aromatic heterocycles. The first-order valence-electron chi connectivity index (χ1n) is 7.86. The molecule has 0 atom stereocenters. The number of aryl methyl sites for hydroxylation is 1. The van der Waals surface area contributed by atoms with Gasteiger partial charge >= 0.3 is 0 Å². The number of rotatable bonds is 6. The second-order valence-electron chi connectivity index (χ2n) is 6.33. The fourth-order valence-corrected chi connectivity index (χ4v) is 5.12. The third kappa shape index (κ3) is 4.52. The maximum Gasteiger partial charge on any atom is 0.261 e. The van der Waals surface area contributed by atoms with Crippen molar-refractivity contribution in [2.45, 2.75) is 28.5 Å². The predicted octanol–water partition coefficient (Wildman–Crippen LogP) is 1.00. The molecule has 0 aliphatic heterocycles. The average molecular weight is 448 g/mol. The van der Waals surface area contributed by atoms with Crippen molar-refractivity contribution < 1.29 is 25.3 Å². The zero-order valence-corrected chi connectivity index (χ0v) is 18.1. The molecule has 0 bridgehead atoms. The molecule has 0 fully saturated rings. The highest BCUT2D eigenvalue weighted by Crippen LogP contribution is 2.28. The number of nitrogens with zero attached hydrogens (tertiary/aromatic N) is 1. The number of sulfonamides is 3. The molecule has 28 heavy (non-hydrogen) atoms. The largest absolute Gasteiger partial charge is 0.279 e. The third-order valence-corrected chi connectivity index (χ3v) is 8.18. The van der Waals surface area contributed by atoms with Crippen LogP contribution < -0.4 is 9.86 Å². The van der Waals surface area contributed by atoms with Crippen LogP contribution in [0.25, 0.3) is 0 Å². The Morgan fingerprint density at radius 2 is 1.43 bits per heavy atom. The summed E-state index contributed by atoms with van der Waals surface area (Å²) in [5.74, 6) is 0. The van der Waals surface area contributed by atoms with Gasteiger partial charge in [0, 0.05) is 14.1 Å². The lowest BCUT2D eigenvalue weighted by atomic mass is 10.1. The molecule has 0 saturated heterocycles. The van der Waals surface area contributed by atoms with E-state index in [0.717, 1.165) is 10.4 Å². The summed E-state index contributed by atoms with van der Waals surface area (Å²) in [6.07, 6.45) is 0. The monoisotopic (exact) mass is 447 g/mol. The lowest BCUT2D eigenvalue weighted by Gasteiger charge is -2.17. The minimum absolute atomic E-state index is 0.0708. The molecule has 0 aliphatic carbocycles. The highest BCUT2D eigenvalue weighted by molar-refractivity contribution is 7.93. The first-order valence-corrected chi connectivity index (χ1v) is 12.3. The van der Waals surface area contributed by atoms with Gasteiger partial charge in [0.1, 0.15) is 0 Å². The summed E-state index contributed by atoms with van der Waals surface area (Å²) in [4.78, 5) is -0.749. The molecule has 0 saturated carbocycles. The number of anilines is 1. The van der Waals surface area contributed by atoms with E-state index < -0.39 is 30.1 Å². The van der Waals surface area contributed by atoms with Crippen molar-refractivity contribution in [2.75, 3.05) is 18.8 Å². The van der Waals surface area contributed by atoms with Crippen LogP contribution in [0.3, 0.4) is 0 Å². The van der Waals surface area contributed by atoms with Gasteiger partial charge in [-0.1, -0.05) is 6.07 Å². The molecule has 0 unspecified atom stereocenters. The molecular weight excluding hydrogens is 426 g/mol. The van der Waals surface area contributed by atoms with Crippen LogP contribution in [-0.4, -0.2) is 43.7 Å². The molecular formula is C16H21N3O6S3. The Hall–Kier alpha value is -1.99. The molecule has 0 heterocycles. The number of hydrogen-bond donors (Lipinski definition) is 2. The van der Waals surface area contributed by atoms with Gasteiger partial charge in [-0.3, -0.25) is 4.72 Å². The summed E-state index contributed by atoms with van der Waals surface area (Å²) in [5.41, 5.74) is 1.17. The summed E-state index contributed by atoms with van der Waals surface area (Å²) in [6.45, 7) is 3.30. The number of benzene rings is 2. The topological polar surface area (TPSA) is 144 Å². The van der Waals surface area contributed by atoms with E-state index in [4.69, 9.17) is 5.14 Å². The number of primary sulfonamides is 1. The highest BCUT2D eigenvalue weighted by atomic mass is 32.2. The van der Waals surface area contributed by atoms with E-state index >= 15 is 0 Å². The summed E-state index contributed by atoms with van der Waals surface area (Å²) < 4.78 is 76.6. The van der Waals surface area contributed by atoms with E-state index in [0.29, 0.717) is 11.1 Å². The predicted molar refractivity (Wildman–Crippen MR) is 105 cm³/mol.